The predicted molar refractivity (Wildman–Crippen MR) is 150 cm³/mol. The zero-order valence-corrected chi connectivity index (χ0v) is 23.1. The number of carbonyl (C=O) groups is 2. The first-order valence-corrected chi connectivity index (χ1v) is 13.5. The molecule has 0 radical (unpaired) electrons. The van der Waals surface area contributed by atoms with E-state index in [4.69, 9.17) is 4.74 Å². The van der Waals surface area contributed by atoms with Crippen molar-refractivity contribution < 1.29 is 14.3 Å². The van der Waals surface area contributed by atoms with E-state index in [0.29, 0.717) is 18.9 Å². The van der Waals surface area contributed by atoms with Crippen molar-refractivity contribution in [2.45, 2.75) is 52.3 Å². The van der Waals surface area contributed by atoms with E-state index in [0.717, 1.165) is 53.7 Å². The van der Waals surface area contributed by atoms with Crippen LogP contribution in [0.25, 0.3) is 33.6 Å². The predicted octanol–water partition coefficient (Wildman–Crippen LogP) is 4.02. The van der Waals surface area contributed by atoms with Crippen LogP contribution in [0.15, 0.2) is 61.4 Å². The van der Waals surface area contributed by atoms with Crippen LogP contribution in [-0.4, -0.2) is 71.7 Å². The third-order valence-electron chi connectivity index (χ3n) is 6.47. The Kier molecular flexibility index (Phi) is 7.90. The van der Waals surface area contributed by atoms with E-state index in [2.05, 4.69) is 25.5 Å². The maximum Gasteiger partial charge on any atom is 0.407 e. The van der Waals surface area contributed by atoms with Gasteiger partial charge < -0.3 is 15.0 Å². The van der Waals surface area contributed by atoms with Crippen LogP contribution in [0.2, 0.25) is 0 Å². The second-order valence-corrected chi connectivity index (χ2v) is 10.8. The van der Waals surface area contributed by atoms with Crippen molar-refractivity contribution in [3.8, 4) is 33.6 Å². The van der Waals surface area contributed by atoms with Gasteiger partial charge in [0.1, 0.15) is 12.1 Å². The molecule has 1 fully saturated rings. The third-order valence-corrected chi connectivity index (χ3v) is 6.47. The van der Waals surface area contributed by atoms with Crippen molar-refractivity contribution in [3.63, 3.8) is 0 Å². The smallest absolute Gasteiger partial charge is 0.407 e. The molecule has 0 bridgehead atoms. The van der Waals surface area contributed by atoms with Gasteiger partial charge in [0.2, 0.25) is 5.91 Å². The van der Waals surface area contributed by atoms with Gasteiger partial charge in [-0.05, 0) is 45.2 Å². The normalized spacial score (nSPS) is 13.4. The molecule has 40 heavy (non-hydrogen) atoms. The second-order valence-electron chi connectivity index (χ2n) is 10.8. The SMILES string of the molecule is CC(C)(C)OC(=O)NCCn1cc(-c2cccc(-c3ncc(-c4cnn(CC(=O)N5CCCC5)c4)cn3)c2)cn1. The summed E-state index contributed by atoms with van der Waals surface area (Å²) in [5.41, 5.74) is 3.99. The summed E-state index contributed by atoms with van der Waals surface area (Å²) in [6.07, 6.45) is 12.6. The number of hydrogen-bond acceptors (Lipinski definition) is 7. The first-order valence-electron chi connectivity index (χ1n) is 13.5. The lowest BCUT2D eigenvalue weighted by Crippen LogP contribution is -2.34. The van der Waals surface area contributed by atoms with E-state index >= 15 is 0 Å². The number of rotatable bonds is 8. The van der Waals surface area contributed by atoms with Crippen LogP contribution < -0.4 is 5.32 Å². The third kappa shape index (κ3) is 6.90. The molecule has 0 aliphatic carbocycles. The molecule has 11 nitrogen and oxygen atoms in total. The average Bonchev–Trinajstić information content (AvgIpc) is 3.70. The first kappa shape index (κ1) is 27.0. The summed E-state index contributed by atoms with van der Waals surface area (Å²) in [6.45, 7) is 8.32. The minimum Gasteiger partial charge on any atom is -0.444 e. The number of alkyl carbamates (subject to hydrolysis) is 1. The van der Waals surface area contributed by atoms with Crippen LogP contribution in [0.4, 0.5) is 4.79 Å². The number of aromatic nitrogens is 6. The molecule has 4 aromatic rings. The molecule has 1 aromatic carbocycles. The summed E-state index contributed by atoms with van der Waals surface area (Å²) in [6, 6.07) is 7.97. The summed E-state index contributed by atoms with van der Waals surface area (Å²) in [7, 11) is 0. The highest BCUT2D eigenvalue weighted by molar-refractivity contribution is 5.76. The highest BCUT2D eigenvalue weighted by Gasteiger charge is 2.19. The molecule has 2 amide bonds. The highest BCUT2D eigenvalue weighted by atomic mass is 16.6. The lowest BCUT2D eigenvalue weighted by atomic mass is 10.1. The van der Waals surface area contributed by atoms with Gasteiger partial charge in [-0.2, -0.15) is 10.2 Å². The standard InChI is InChI=1S/C29H34N8O3/c1-29(2,3)40-28(39)30-9-12-36-18-24(16-33-36)21-7-6-8-22(13-21)27-31-14-23(15-32-27)25-17-34-37(19-25)20-26(38)35-10-4-5-11-35/h6-8,13-19H,4-5,9-12,20H2,1-3H3,(H,30,39). The molecule has 3 aromatic heterocycles. The van der Waals surface area contributed by atoms with Crippen molar-refractivity contribution in [3.05, 3.63) is 61.4 Å². The topological polar surface area (TPSA) is 120 Å². The van der Waals surface area contributed by atoms with Gasteiger partial charge in [0.25, 0.3) is 0 Å². The molecule has 0 spiro atoms. The molecule has 5 rings (SSSR count). The maximum atomic E-state index is 12.4. The average molecular weight is 543 g/mol. The Balaban J connectivity index is 1.20. The van der Waals surface area contributed by atoms with Crippen molar-refractivity contribution >= 4 is 12.0 Å². The summed E-state index contributed by atoms with van der Waals surface area (Å²) in [4.78, 5) is 35.3. The zero-order valence-electron chi connectivity index (χ0n) is 23.1. The van der Waals surface area contributed by atoms with Gasteiger partial charge in [0.05, 0.1) is 18.9 Å². The summed E-state index contributed by atoms with van der Waals surface area (Å²) in [5.74, 6) is 0.706. The van der Waals surface area contributed by atoms with E-state index < -0.39 is 11.7 Å². The summed E-state index contributed by atoms with van der Waals surface area (Å²) >= 11 is 0. The molecule has 0 saturated carbocycles. The minimum absolute atomic E-state index is 0.0987. The fraction of sp³-hybridized carbons (Fsp3) is 0.379. The molecular weight excluding hydrogens is 508 g/mol. The minimum atomic E-state index is -0.532. The van der Waals surface area contributed by atoms with Crippen LogP contribution in [0, 0.1) is 0 Å². The summed E-state index contributed by atoms with van der Waals surface area (Å²) < 4.78 is 8.71. The van der Waals surface area contributed by atoms with Crippen LogP contribution >= 0.6 is 0 Å². The molecule has 1 N–H and O–H groups in total. The molecule has 0 atom stereocenters. The Labute approximate surface area is 233 Å². The van der Waals surface area contributed by atoms with Crippen molar-refractivity contribution in [1.82, 2.24) is 39.7 Å². The Hall–Kier alpha value is -4.54. The van der Waals surface area contributed by atoms with Crippen molar-refractivity contribution in [1.29, 1.82) is 0 Å². The molecular formula is C29H34N8O3. The van der Waals surface area contributed by atoms with Gasteiger partial charge in [0.15, 0.2) is 5.82 Å². The Morgan fingerprint density at radius 3 is 2.25 bits per heavy atom. The van der Waals surface area contributed by atoms with Gasteiger partial charge in [0, 0.05) is 66.7 Å². The van der Waals surface area contributed by atoms with E-state index in [1.54, 1.807) is 34.2 Å². The number of nitrogens with one attached hydrogen (secondary N) is 1. The van der Waals surface area contributed by atoms with E-state index in [1.165, 1.54) is 0 Å². The Bertz CT molecular complexity index is 1460. The number of hydrogen-bond donors (Lipinski definition) is 1. The first-order chi connectivity index (χ1) is 19.2. The van der Waals surface area contributed by atoms with Gasteiger partial charge in [-0.15, -0.1) is 0 Å². The zero-order chi connectivity index (χ0) is 28.1. The molecule has 208 valence electrons. The van der Waals surface area contributed by atoms with Gasteiger partial charge in [-0.1, -0.05) is 18.2 Å². The molecule has 0 unspecified atom stereocenters. The number of amides is 2. The lowest BCUT2D eigenvalue weighted by Gasteiger charge is -2.19. The fourth-order valence-electron chi connectivity index (χ4n) is 4.49. The van der Waals surface area contributed by atoms with Crippen LogP contribution in [-0.2, 0) is 22.6 Å². The number of nitrogens with zero attached hydrogens (tertiary/aromatic N) is 7. The highest BCUT2D eigenvalue weighted by Crippen LogP contribution is 2.25. The van der Waals surface area contributed by atoms with Gasteiger partial charge in [-0.3, -0.25) is 14.2 Å². The number of likely N-dealkylation sites (tertiary alicyclic amines) is 1. The van der Waals surface area contributed by atoms with Crippen LogP contribution in [0.3, 0.4) is 0 Å². The Morgan fingerprint density at radius 2 is 1.52 bits per heavy atom. The maximum absolute atomic E-state index is 12.4. The lowest BCUT2D eigenvalue weighted by molar-refractivity contribution is -0.130. The monoisotopic (exact) mass is 542 g/mol. The number of benzene rings is 1. The molecule has 1 aliphatic heterocycles. The number of ether oxygens (including phenoxy) is 1. The van der Waals surface area contributed by atoms with Crippen LogP contribution in [0.5, 0.6) is 0 Å². The van der Waals surface area contributed by atoms with Crippen molar-refractivity contribution in [2.24, 2.45) is 0 Å². The Morgan fingerprint density at radius 1 is 0.875 bits per heavy atom. The van der Waals surface area contributed by atoms with Crippen molar-refractivity contribution in [2.75, 3.05) is 19.6 Å². The molecule has 1 saturated heterocycles. The van der Waals surface area contributed by atoms with E-state index in [9.17, 15) is 9.59 Å². The van der Waals surface area contributed by atoms with E-state index in [1.807, 2.05) is 62.3 Å². The molecule has 1 aliphatic rings. The largest absolute Gasteiger partial charge is 0.444 e. The van der Waals surface area contributed by atoms with Gasteiger partial charge >= 0.3 is 6.09 Å². The second kappa shape index (κ2) is 11.7. The van der Waals surface area contributed by atoms with Gasteiger partial charge in [-0.25, -0.2) is 14.8 Å². The molecule has 4 heterocycles. The quantitative estimate of drug-likeness (QED) is 0.357. The summed E-state index contributed by atoms with van der Waals surface area (Å²) in [5, 5.41) is 11.5. The van der Waals surface area contributed by atoms with E-state index in [-0.39, 0.29) is 12.5 Å². The molecule has 11 heteroatoms. The fourth-order valence-corrected chi connectivity index (χ4v) is 4.49. The number of carbonyl (C=O) groups excluding carboxylic acids is 2. The van der Waals surface area contributed by atoms with Crippen LogP contribution in [0.1, 0.15) is 33.6 Å².